The number of amides is 1. The summed E-state index contributed by atoms with van der Waals surface area (Å²) in [6, 6.07) is 0. The van der Waals surface area contributed by atoms with Crippen LogP contribution in [0.2, 0.25) is 0 Å². The van der Waals surface area contributed by atoms with Crippen LogP contribution < -0.4 is 0 Å². The van der Waals surface area contributed by atoms with E-state index in [1.807, 2.05) is 20.8 Å². The van der Waals surface area contributed by atoms with Crippen LogP contribution in [0.1, 0.15) is 33.6 Å². The Bertz CT molecular complexity index is 370. The molecule has 1 rings (SSSR count). The van der Waals surface area contributed by atoms with E-state index in [0.29, 0.717) is 17.1 Å². The van der Waals surface area contributed by atoms with Crippen LogP contribution in [0.5, 0.6) is 0 Å². The Morgan fingerprint density at radius 2 is 2.06 bits per heavy atom. The van der Waals surface area contributed by atoms with Gasteiger partial charge in [-0.1, -0.05) is 20.8 Å². The van der Waals surface area contributed by atoms with Gasteiger partial charge in [0.05, 0.1) is 6.10 Å². The number of hydrogen-bond acceptors (Lipinski definition) is 4. The van der Waals surface area contributed by atoms with Crippen LogP contribution >= 0.6 is 0 Å². The molecule has 0 aromatic carbocycles. The van der Waals surface area contributed by atoms with Crippen LogP contribution in [0.25, 0.3) is 0 Å². The maximum atomic E-state index is 11.4. The van der Waals surface area contributed by atoms with Gasteiger partial charge in [-0.15, -0.1) is 0 Å². The summed E-state index contributed by atoms with van der Waals surface area (Å²) in [5, 5.41) is 8.66. The van der Waals surface area contributed by atoms with E-state index in [-0.39, 0.29) is 12.0 Å². The van der Waals surface area contributed by atoms with Gasteiger partial charge in [0, 0.05) is 6.54 Å². The third kappa shape index (κ3) is 3.34. The summed E-state index contributed by atoms with van der Waals surface area (Å²) in [5.41, 5.74) is -0.0500. The molecule has 0 aromatic heterocycles. The molecule has 1 amide bonds. The van der Waals surface area contributed by atoms with Crippen LogP contribution in [-0.2, 0) is 14.5 Å². The molecule has 0 aromatic rings. The molecule has 94 valence electrons. The number of hydrogen-bond donors (Lipinski definition) is 1. The fourth-order valence-corrected chi connectivity index (χ4v) is 2.79. The van der Waals surface area contributed by atoms with Crippen molar-refractivity contribution < 1.29 is 22.5 Å². The fourth-order valence-electron chi connectivity index (χ4n) is 1.66. The molecule has 1 N–H and O–H groups in total. The van der Waals surface area contributed by atoms with Crippen molar-refractivity contribution in [2.45, 2.75) is 39.7 Å². The number of carboxylic acid groups (broad SMARTS) is 1. The van der Waals surface area contributed by atoms with Gasteiger partial charge in [-0.25, -0.2) is 8.98 Å². The van der Waals surface area contributed by atoms with Gasteiger partial charge < -0.3 is 5.11 Å². The average Bonchev–Trinajstić information content (AvgIpc) is 1.97. The van der Waals surface area contributed by atoms with Crippen molar-refractivity contribution in [1.82, 2.24) is 4.31 Å². The second kappa shape index (κ2) is 4.21. The lowest BCUT2D eigenvalue weighted by Crippen LogP contribution is -2.45. The monoisotopic (exact) mass is 251 g/mol. The molecule has 0 saturated carbocycles. The van der Waals surface area contributed by atoms with Gasteiger partial charge in [-0.2, -0.15) is 12.7 Å². The summed E-state index contributed by atoms with van der Waals surface area (Å²) in [5.74, 6) is 0. The molecule has 16 heavy (non-hydrogen) atoms. The topological polar surface area (TPSA) is 83.9 Å². The van der Waals surface area contributed by atoms with Crippen molar-refractivity contribution in [2.75, 3.05) is 6.54 Å². The van der Waals surface area contributed by atoms with Crippen molar-refractivity contribution in [2.24, 2.45) is 5.41 Å². The van der Waals surface area contributed by atoms with Gasteiger partial charge in [-0.05, 0) is 18.3 Å². The molecule has 1 aliphatic rings. The Balaban J connectivity index is 2.72. The summed E-state index contributed by atoms with van der Waals surface area (Å²) in [6.07, 6.45) is -0.933. The first-order valence-corrected chi connectivity index (χ1v) is 6.42. The predicted octanol–water partition coefficient (Wildman–Crippen LogP) is 1.44. The van der Waals surface area contributed by atoms with Gasteiger partial charge in [0.15, 0.2) is 0 Å². The van der Waals surface area contributed by atoms with Crippen molar-refractivity contribution in [1.29, 1.82) is 0 Å². The zero-order valence-electron chi connectivity index (χ0n) is 9.63. The average molecular weight is 251 g/mol. The van der Waals surface area contributed by atoms with Gasteiger partial charge in [0.1, 0.15) is 0 Å². The Hall–Kier alpha value is -0.820. The first-order valence-electron chi connectivity index (χ1n) is 5.06. The minimum Gasteiger partial charge on any atom is -0.464 e. The predicted molar refractivity (Wildman–Crippen MR) is 57.2 cm³/mol. The lowest BCUT2D eigenvalue weighted by Gasteiger charge is -2.32. The minimum atomic E-state index is -4.11. The van der Waals surface area contributed by atoms with E-state index in [4.69, 9.17) is 9.29 Å². The molecule has 7 heteroatoms. The lowest BCUT2D eigenvalue weighted by molar-refractivity contribution is 0.0921. The van der Waals surface area contributed by atoms with Crippen LogP contribution in [0, 0.1) is 5.41 Å². The second-order valence-electron chi connectivity index (χ2n) is 5.08. The Morgan fingerprint density at radius 3 is 2.44 bits per heavy atom. The van der Waals surface area contributed by atoms with E-state index in [1.54, 1.807) is 0 Å². The van der Waals surface area contributed by atoms with Crippen molar-refractivity contribution in [3.05, 3.63) is 0 Å². The molecule has 1 fully saturated rings. The maximum Gasteiger partial charge on any atom is 0.422 e. The second-order valence-corrected chi connectivity index (χ2v) is 6.57. The third-order valence-electron chi connectivity index (χ3n) is 2.24. The van der Waals surface area contributed by atoms with Crippen LogP contribution in [0.3, 0.4) is 0 Å². The summed E-state index contributed by atoms with van der Waals surface area (Å²) in [7, 11) is -4.11. The van der Waals surface area contributed by atoms with E-state index in [1.165, 1.54) is 0 Å². The fraction of sp³-hybridized carbons (Fsp3) is 0.889. The van der Waals surface area contributed by atoms with E-state index in [0.717, 1.165) is 0 Å². The summed E-state index contributed by atoms with van der Waals surface area (Å²) >= 11 is 0. The molecule has 6 nitrogen and oxygen atoms in total. The third-order valence-corrected chi connectivity index (χ3v) is 3.63. The van der Waals surface area contributed by atoms with E-state index in [9.17, 15) is 13.2 Å². The zero-order chi connectivity index (χ0) is 12.6. The minimum absolute atomic E-state index is 0.0294. The van der Waals surface area contributed by atoms with E-state index < -0.39 is 22.5 Å². The van der Waals surface area contributed by atoms with Crippen LogP contribution in [0.15, 0.2) is 0 Å². The van der Waals surface area contributed by atoms with Crippen LogP contribution in [-0.4, -0.2) is 36.6 Å². The molecule has 0 bridgehead atoms. The molecule has 0 spiro atoms. The van der Waals surface area contributed by atoms with Crippen molar-refractivity contribution in [3.63, 3.8) is 0 Å². The molecule has 1 heterocycles. The normalized spacial score (nSPS) is 25.4. The molecule has 1 saturated heterocycles. The first-order chi connectivity index (χ1) is 7.12. The number of carbonyl (C=O) groups is 1. The largest absolute Gasteiger partial charge is 0.464 e. The van der Waals surface area contributed by atoms with Gasteiger partial charge >= 0.3 is 16.4 Å². The van der Waals surface area contributed by atoms with Crippen molar-refractivity contribution in [3.8, 4) is 0 Å². The highest BCUT2D eigenvalue weighted by Gasteiger charge is 2.37. The van der Waals surface area contributed by atoms with Gasteiger partial charge in [0.2, 0.25) is 0 Å². The molecular formula is C9H17NO5S. The lowest BCUT2D eigenvalue weighted by atomic mass is 9.88. The summed E-state index contributed by atoms with van der Waals surface area (Å²) in [6.45, 7) is 5.91. The van der Waals surface area contributed by atoms with Crippen LogP contribution in [0.4, 0.5) is 4.79 Å². The quantitative estimate of drug-likeness (QED) is 0.762. The molecule has 0 radical (unpaired) electrons. The maximum absolute atomic E-state index is 11.4. The van der Waals surface area contributed by atoms with Crippen molar-refractivity contribution >= 4 is 16.4 Å². The van der Waals surface area contributed by atoms with E-state index in [2.05, 4.69) is 0 Å². The van der Waals surface area contributed by atoms with E-state index >= 15 is 0 Å². The van der Waals surface area contributed by atoms with Gasteiger partial charge in [0.25, 0.3) is 0 Å². The zero-order valence-corrected chi connectivity index (χ0v) is 10.5. The highest BCUT2D eigenvalue weighted by molar-refractivity contribution is 7.84. The van der Waals surface area contributed by atoms with Gasteiger partial charge in [-0.3, -0.25) is 0 Å². The first kappa shape index (κ1) is 13.2. The summed E-state index contributed by atoms with van der Waals surface area (Å²) < 4.78 is 28.1. The number of nitrogens with zero attached hydrogens (tertiary/aromatic N) is 1. The molecule has 0 aliphatic carbocycles. The molecule has 1 atom stereocenters. The number of rotatable bonds is 1. The summed E-state index contributed by atoms with van der Waals surface area (Å²) in [4.78, 5) is 10.6. The Labute approximate surface area is 95.5 Å². The molecule has 0 unspecified atom stereocenters. The SMILES string of the molecule is CC(C)(C)C[C@@H]1CCN(C(=O)O)S(=O)(=O)O1. The smallest absolute Gasteiger partial charge is 0.422 e. The Morgan fingerprint density at radius 1 is 1.50 bits per heavy atom. The highest BCUT2D eigenvalue weighted by Crippen LogP contribution is 2.28. The highest BCUT2D eigenvalue weighted by atomic mass is 32.2. The Kier molecular flexibility index (Phi) is 3.49. The molecular weight excluding hydrogens is 234 g/mol. The standard InChI is InChI=1S/C9H17NO5S/c1-9(2,3)6-7-4-5-10(8(11)12)16(13,14)15-7/h7H,4-6H2,1-3H3,(H,11,12)/t7-/m0/s1. The molecule has 1 aliphatic heterocycles.